The molecule has 0 fully saturated rings. The molecule has 0 aliphatic carbocycles. The van der Waals surface area contributed by atoms with Crippen molar-refractivity contribution in [2.75, 3.05) is 14.1 Å². The van der Waals surface area contributed by atoms with Gasteiger partial charge in [0, 0.05) is 18.7 Å². The van der Waals surface area contributed by atoms with Gasteiger partial charge in [-0.05, 0) is 42.9 Å². The Morgan fingerprint density at radius 1 is 1.08 bits per heavy atom. The molecular weight excluding hydrogens is 326 g/mol. The predicted octanol–water partition coefficient (Wildman–Crippen LogP) is 2.32. The minimum Gasteiger partial charge on any atom is -0.348 e. The third-order valence-corrected chi connectivity index (χ3v) is 3.97. The normalized spacial score (nSPS) is 10.9. The van der Waals surface area contributed by atoms with Gasteiger partial charge in [0.15, 0.2) is 0 Å². The lowest BCUT2D eigenvalue weighted by Crippen LogP contribution is -2.23. The number of carbonyl (C=O) groups is 1. The third kappa shape index (κ3) is 5.00. The van der Waals surface area contributed by atoms with Crippen molar-refractivity contribution in [3.05, 3.63) is 83.4 Å². The summed E-state index contributed by atoms with van der Waals surface area (Å²) in [5.74, 6) is -0.0666. The van der Waals surface area contributed by atoms with E-state index in [-0.39, 0.29) is 5.91 Å². The summed E-state index contributed by atoms with van der Waals surface area (Å²) in [5.41, 5.74) is 4.04. The Morgan fingerprint density at radius 2 is 1.85 bits per heavy atom. The summed E-state index contributed by atoms with van der Waals surface area (Å²) < 4.78 is 1.77. The van der Waals surface area contributed by atoms with Crippen molar-refractivity contribution in [1.82, 2.24) is 25.0 Å². The Kier molecular flexibility index (Phi) is 5.76. The standard InChI is InChI=1S/C20H23N5O/c1-24(2)12-16-6-8-19(9-7-16)20(26)22-11-17-4-3-5-18(10-17)13-25-15-21-14-23-25/h3-10,14-15H,11-13H2,1-2H3,(H,22,26). The number of nitrogens with zero attached hydrogens (tertiary/aromatic N) is 4. The minimum atomic E-state index is -0.0666. The summed E-state index contributed by atoms with van der Waals surface area (Å²) in [6.07, 6.45) is 3.21. The van der Waals surface area contributed by atoms with Crippen LogP contribution in [0.15, 0.2) is 61.2 Å². The minimum absolute atomic E-state index is 0.0666. The highest BCUT2D eigenvalue weighted by Crippen LogP contribution is 2.09. The maximum atomic E-state index is 12.3. The topological polar surface area (TPSA) is 63.1 Å². The first-order chi connectivity index (χ1) is 12.6. The molecule has 0 aliphatic rings. The molecule has 0 unspecified atom stereocenters. The maximum Gasteiger partial charge on any atom is 0.251 e. The van der Waals surface area contributed by atoms with Crippen molar-refractivity contribution in [2.24, 2.45) is 0 Å². The first-order valence-corrected chi connectivity index (χ1v) is 8.52. The van der Waals surface area contributed by atoms with Crippen LogP contribution in [0, 0.1) is 0 Å². The molecule has 26 heavy (non-hydrogen) atoms. The summed E-state index contributed by atoms with van der Waals surface area (Å²) in [5, 5.41) is 7.09. The van der Waals surface area contributed by atoms with E-state index in [2.05, 4.69) is 26.4 Å². The van der Waals surface area contributed by atoms with Gasteiger partial charge in [-0.15, -0.1) is 0 Å². The molecule has 134 valence electrons. The second kappa shape index (κ2) is 8.40. The number of rotatable bonds is 7. The van der Waals surface area contributed by atoms with Gasteiger partial charge in [-0.2, -0.15) is 5.10 Å². The van der Waals surface area contributed by atoms with Gasteiger partial charge < -0.3 is 10.2 Å². The van der Waals surface area contributed by atoms with Crippen LogP contribution >= 0.6 is 0 Å². The fourth-order valence-corrected chi connectivity index (χ4v) is 2.75. The van der Waals surface area contributed by atoms with Crippen LogP contribution in [0.2, 0.25) is 0 Å². The van der Waals surface area contributed by atoms with Gasteiger partial charge in [-0.3, -0.25) is 4.79 Å². The van der Waals surface area contributed by atoms with Gasteiger partial charge >= 0.3 is 0 Å². The highest BCUT2D eigenvalue weighted by molar-refractivity contribution is 5.94. The molecule has 3 rings (SSSR count). The molecule has 0 radical (unpaired) electrons. The Morgan fingerprint density at radius 3 is 2.54 bits per heavy atom. The third-order valence-electron chi connectivity index (χ3n) is 3.97. The van der Waals surface area contributed by atoms with Crippen LogP contribution in [-0.4, -0.2) is 39.7 Å². The van der Waals surface area contributed by atoms with Crippen molar-refractivity contribution < 1.29 is 4.79 Å². The molecule has 0 atom stereocenters. The van der Waals surface area contributed by atoms with E-state index in [0.29, 0.717) is 18.7 Å². The molecular formula is C20H23N5O. The zero-order valence-electron chi connectivity index (χ0n) is 15.1. The number of aromatic nitrogens is 3. The molecule has 0 spiro atoms. The van der Waals surface area contributed by atoms with E-state index < -0.39 is 0 Å². The molecule has 3 aromatic rings. The highest BCUT2D eigenvalue weighted by atomic mass is 16.1. The van der Waals surface area contributed by atoms with E-state index in [0.717, 1.165) is 17.7 Å². The number of carbonyl (C=O) groups excluding carboxylic acids is 1. The summed E-state index contributed by atoms with van der Waals surface area (Å²) in [7, 11) is 4.05. The Balaban J connectivity index is 1.57. The van der Waals surface area contributed by atoms with Crippen LogP contribution < -0.4 is 5.32 Å². The number of amides is 1. The van der Waals surface area contributed by atoms with E-state index in [1.165, 1.54) is 11.9 Å². The first kappa shape index (κ1) is 17.8. The molecule has 6 nitrogen and oxygen atoms in total. The largest absolute Gasteiger partial charge is 0.348 e. The lowest BCUT2D eigenvalue weighted by molar-refractivity contribution is 0.0951. The van der Waals surface area contributed by atoms with Gasteiger partial charge in [0.25, 0.3) is 5.91 Å². The van der Waals surface area contributed by atoms with Crippen molar-refractivity contribution in [1.29, 1.82) is 0 Å². The summed E-state index contributed by atoms with van der Waals surface area (Å²) in [4.78, 5) is 18.4. The molecule has 1 amide bonds. The Bertz CT molecular complexity index is 841. The lowest BCUT2D eigenvalue weighted by atomic mass is 10.1. The van der Waals surface area contributed by atoms with Crippen LogP contribution in [0.1, 0.15) is 27.0 Å². The first-order valence-electron chi connectivity index (χ1n) is 8.52. The van der Waals surface area contributed by atoms with Gasteiger partial charge in [0.05, 0.1) is 6.54 Å². The van der Waals surface area contributed by atoms with E-state index in [1.807, 2.05) is 56.6 Å². The van der Waals surface area contributed by atoms with Crippen LogP contribution in [0.4, 0.5) is 0 Å². The van der Waals surface area contributed by atoms with Gasteiger partial charge in [0.1, 0.15) is 12.7 Å². The molecule has 0 bridgehead atoms. The highest BCUT2D eigenvalue weighted by Gasteiger charge is 2.06. The van der Waals surface area contributed by atoms with Crippen molar-refractivity contribution in [3.63, 3.8) is 0 Å². The summed E-state index contributed by atoms with van der Waals surface area (Å²) >= 11 is 0. The second-order valence-electron chi connectivity index (χ2n) is 6.53. The van der Waals surface area contributed by atoms with E-state index in [9.17, 15) is 4.79 Å². The van der Waals surface area contributed by atoms with Gasteiger partial charge in [-0.1, -0.05) is 36.4 Å². The zero-order valence-corrected chi connectivity index (χ0v) is 15.1. The molecule has 6 heteroatoms. The number of hydrogen-bond acceptors (Lipinski definition) is 4. The second-order valence-corrected chi connectivity index (χ2v) is 6.53. The lowest BCUT2D eigenvalue weighted by Gasteiger charge is -2.10. The molecule has 1 N–H and O–H groups in total. The van der Waals surface area contributed by atoms with Crippen LogP contribution in [-0.2, 0) is 19.6 Å². The fourth-order valence-electron chi connectivity index (χ4n) is 2.75. The SMILES string of the molecule is CN(C)Cc1ccc(C(=O)NCc2cccc(Cn3cncn3)c2)cc1. The molecule has 0 saturated heterocycles. The smallest absolute Gasteiger partial charge is 0.251 e. The quantitative estimate of drug-likeness (QED) is 0.711. The van der Waals surface area contributed by atoms with Gasteiger partial charge in [0.2, 0.25) is 0 Å². The monoisotopic (exact) mass is 349 g/mol. The molecule has 1 heterocycles. The number of nitrogens with one attached hydrogen (secondary N) is 1. The number of hydrogen-bond donors (Lipinski definition) is 1. The zero-order chi connectivity index (χ0) is 18.4. The van der Waals surface area contributed by atoms with E-state index >= 15 is 0 Å². The summed E-state index contributed by atoms with van der Waals surface area (Å²) in [6, 6.07) is 15.8. The van der Waals surface area contributed by atoms with Crippen molar-refractivity contribution in [3.8, 4) is 0 Å². The molecule has 0 saturated carbocycles. The maximum absolute atomic E-state index is 12.3. The molecule has 2 aromatic carbocycles. The predicted molar refractivity (Wildman–Crippen MR) is 101 cm³/mol. The van der Waals surface area contributed by atoms with Crippen LogP contribution in [0.5, 0.6) is 0 Å². The summed E-state index contributed by atoms with van der Waals surface area (Å²) in [6.45, 7) is 2.01. The van der Waals surface area contributed by atoms with E-state index in [1.54, 1.807) is 11.0 Å². The fraction of sp³-hybridized carbons (Fsp3) is 0.250. The van der Waals surface area contributed by atoms with Gasteiger partial charge in [-0.25, -0.2) is 9.67 Å². The Labute approximate surface area is 153 Å². The van der Waals surface area contributed by atoms with Crippen LogP contribution in [0.3, 0.4) is 0 Å². The average molecular weight is 349 g/mol. The van der Waals surface area contributed by atoms with E-state index in [4.69, 9.17) is 0 Å². The number of benzene rings is 2. The van der Waals surface area contributed by atoms with Crippen molar-refractivity contribution >= 4 is 5.91 Å². The van der Waals surface area contributed by atoms with Crippen LogP contribution in [0.25, 0.3) is 0 Å². The van der Waals surface area contributed by atoms with Crippen molar-refractivity contribution in [2.45, 2.75) is 19.6 Å². The average Bonchev–Trinajstić information content (AvgIpc) is 3.13. The molecule has 0 aliphatic heterocycles. The molecule has 1 aromatic heterocycles. The Hall–Kier alpha value is -2.99.